The number of hydrogen-bond donors (Lipinski definition) is 1. The van der Waals surface area contributed by atoms with E-state index in [0.717, 1.165) is 31.0 Å². The van der Waals surface area contributed by atoms with Gasteiger partial charge in [-0.1, -0.05) is 6.92 Å². The van der Waals surface area contributed by atoms with Crippen molar-refractivity contribution in [2.45, 2.75) is 32.1 Å². The molecule has 2 aromatic rings. The predicted molar refractivity (Wildman–Crippen MR) is 94.6 cm³/mol. The number of anilines is 1. The van der Waals surface area contributed by atoms with E-state index in [0.29, 0.717) is 11.5 Å². The number of nitrogens with one attached hydrogen (secondary N) is 1. The highest BCUT2D eigenvalue weighted by molar-refractivity contribution is 5.58. The predicted octanol–water partition coefficient (Wildman–Crippen LogP) is 2.91. The average molecular weight is 321 g/mol. The van der Waals surface area contributed by atoms with E-state index in [-0.39, 0.29) is 0 Å². The molecule has 4 rings (SSSR count). The van der Waals surface area contributed by atoms with Gasteiger partial charge in [-0.15, -0.1) is 0 Å². The third kappa shape index (κ3) is 2.57. The molecule has 0 atom stereocenters. The number of nitriles is 1. The largest absolute Gasteiger partial charge is 0.369 e. The molecule has 124 valence electrons. The molecular weight excluding hydrogens is 298 g/mol. The van der Waals surface area contributed by atoms with Crippen molar-refractivity contribution in [3.05, 3.63) is 41.1 Å². The molecule has 5 nitrogen and oxygen atoms in total. The Morgan fingerprint density at radius 1 is 1.25 bits per heavy atom. The quantitative estimate of drug-likeness (QED) is 0.944. The number of piperidine rings is 1. The molecule has 0 unspecified atom stereocenters. The van der Waals surface area contributed by atoms with E-state index < -0.39 is 0 Å². The number of fused-ring (bicyclic) bond motifs is 1. The molecule has 0 amide bonds. The van der Waals surface area contributed by atoms with Gasteiger partial charge in [-0.3, -0.25) is 0 Å². The van der Waals surface area contributed by atoms with Crippen LogP contribution in [0.5, 0.6) is 0 Å². The normalized spacial score (nSPS) is 18.2. The van der Waals surface area contributed by atoms with Gasteiger partial charge in [0, 0.05) is 18.0 Å². The number of benzene rings is 1. The summed E-state index contributed by atoms with van der Waals surface area (Å²) in [6.07, 6.45) is 3.46. The Kier molecular flexibility index (Phi) is 3.99. The van der Waals surface area contributed by atoms with Gasteiger partial charge in [-0.05, 0) is 63.2 Å². The Labute approximate surface area is 142 Å². The minimum atomic E-state index is 0.570. The number of aromatic nitrogens is 2. The minimum Gasteiger partial charge on any atom is -0.369 e. The van der Waals surface area contributed by atoms with Gasteiger partial charge in [-0.25, -0.2) is 4.68 Å². The molecule has 24 heavy (non-hydrogen) atoms. The highest BCUT2D eigenvalue weighted by atomic mass is 15.3. The lowest BCUT2D eigenvalue weighted by molar-refractivity contribution is 0.220. The maximum absolute atomic E-state index is 8.98. The second-order valence-electron chi connectivity index (χ2n) is 6.67. The molecule has 3 heterocycles. The molecule has 0 spiro atoms. The average Bonchev–Trinajstić information content (AvgIpc) is 3.24. The van der Waals surface area contributed by atoms with Crippen LogP contribution in [0, 0.1) is 11.3 Å². The summed E-state index contributed by atoms with van der Waals surface area (Å²) in [5.41, 5.74) is 4.39. The summed E-state index contributed by atoms with van der Waals surface area (Å²) < 4.78 is 2.03. The Bertz CT molecular complexity index is 760. The molecule has 5 heteroatoms. The Morgan fingerprint density at radius 3 is 2.67 bits per heavy atom. The zero-order valence-corrected chi connectivity index (χ0v) is 14.1. The zero-order valence-electron chi connectivity index (χ0n) is 14.1. The number of likely N-dealkylation sites (tertiary alicyclic amines) is 1. The van der Waals surface area contributed by atoms with Gasteiger partial charge in [0.05, 0.1) is 23.0 Å². The first-order chi connectivity index (χ1) is 11.8. The molecule has 1 saturated heterocycles. The van der Waals surface area contributed by atoms with Gasteiger partial charge in [-0.2, -0.15) is 10.4 Å². The maximum atomic E-state index is 8.98. The van der Waals surface area contributed by atoms with Crippen LogP contribution in [0.1, 0.15) is 42.5 Å². The van der Waals surface area contributed by atoms with Crippen molar-refractivity contribution in [2.24, 2.45) is 0 Å². The van der Waals surface area contributed by atoms with E-state index in [9.17, 15) is 0 Å². The van der Waals surface area contributed by atoms with E-state index in [1.54, 1.807) is 0 Å². The molecule has 2 aliphatic heterocycles. The van der Waals surface area contributed by atoms with Gasteiger partial charge in [0.25, 0.3) is 0 Å². The lowest BCUT2D eigenvalue weighted by Gasteiger charge is -2.30. The summed E-state index contributed by atoms with van der Waals surface area (Å²) >= 11 is 0. The molecule has 0 saturated carbocycles. The molecule has 1 N–H and O–H groups in total. The van der Waals surface area contributed by atoms with Crippen molar-refractivity contribution in [1.82, 2.24) is 14.7 Å². The van der Waals surface area contributed by atoms with Crippen molar-refractivity contribution in [2.75, 3.05) is 31.5 Å². The van der Waals surface area contributed by atoms with E-state index in [2.05, 4.69) is 23.2 Å². The molecule has 1 aromatic carbocycles. The van der Waals surface area contributed by atoms with Crippen LogP contribution in [0.2, 0.25) is 0 Å². The standard InChI is InChI=1S/C19H23N5/c1-2-23-11-8-15(9-12-23)18-17-7-10-21-19(17)24(22-18)16-5-3-14(13-20)4-6-16/h3-6,15,21H,2,7-12H2,1H3. The van der Waals surface area contributed by atoms with Crippen LogP contribution in [-0.4, -0.2) is 40.9 Å². The van der Waals surface area contributed by atoms with E-state index >= 15 is 0 Å². The Hall–Kier alpha value is -2.32. The third-order valence-electron chi connectivity index (χ3n) is 5.34. The van der Waals surface area contributed by atoms with Crippen LogP contribution in [0.15, 0.2) is 24.3 Å². The fourth-order valence-corrected chi connectivity index (χ4v) is 3.92. The topological polar surface area (TPSA) is 56.9 Å². The fourth-order valence-electron chi connectivity index (χ4n) is 3.92. The third-order valence-corrected chi connectivity index (χ3v) is 5.34. The first-order valence-corrected chi connectivity index (χ1v) is 8.88. The molecule has 0 bridgehead atoms. The lowest BCUT2D eigenvalue weighted by Crippen LogP contribution is -2.33. The first kappa shape index (κ1) is 15.2. The summed E-state index contributed by atoms with van der Waals surface area (Å²) in [5.74, 6) is 1.72. The van der Waals surface area contributed by atoms with Crippen LogP contribution in [0.25, 0.3) is 5.69 Å². The van der Waals surface area contributed by atoms with Crippen LogP contribution in [0.4, 0.5) is 5.82 Å². The number of hydrogen-bond acceptors (Lipinski definition) is 4. The van der Waals surface area contributed by atoms with Gasteiger partial charge in [0.1, 0.15) is 5.82 Å². The minimum absolute atomic E-state index is 0.570. The van der Waals surface area contributed by atoms with Crippen LogP contribution >= 0.6 is 0 Å². The first-order valence-electron chi connectivity index (χ1n) is 8.88. The van der Waals surface area contributed by atoms with Gasteiger partial charge >= 0.3 is 0 Å². The van der Waals surface area contributed by atoms with Gasteiger partial charge in [0.15, 0.2) is 0 Å². The highest BCUT2D eigenvalue weighted by Crippen LogP contribution is 2.36. The van der Waals surface area contributed by atoms with Crippen molar-refractivity contribution in [3.63, 3.8) is 0 Å². The summed E-state index contributed by atoms with van der Waals surface area (Å²) in [5, 5.41) is 17.5. The molecule has 2 aliphatic rings. The summed E-state index contributed by atoms with van der Waals surface area (Å²) in [6.45, 7) is 6.72. The fraction of sp³-hybridized carbons (Fsp3) is 0.474. The SMILES string of the molecule is CCN1CCC(c2nn(-c3ccc(C#N)cc3)c3c2CCN3)CC1. The monoisotopic (exact) mass is 321 g/mol. The van der Waals surface area contributed by atoms with E-state index in [1.807, 2.05) is 28.9 Å². The summed E-state index contributed by atoms with van der Waals surface area (Å²) in [7, 11) is 0. The molecule has 1 fully saturated rings. The Balaban J connectivity index is 1.66. The van der Waals surface area contributed by atoms with Gasteiger partial charge < -0.3 is 10.2 Å². The highest BCUT2D eigenvalue weighted by Gasteiger charge is 2.29. The lowest BCUT2D eigenvalue weighted by atomic mass is 9.91. The summed E-state index contributed by atoms with van der Waals surface area (Å²) in [6, 6.07) is 9.86. The van der Waals surface area contributed by atoms with Crippen molar-refractivity contribution in [1.29, 1.82) is 5.26 Å². The summed E-state index contributed by atoms with van der Waals surface area (Å²) in [4.78, 5) is 2.52. The molecule has 0 aliphatic carbocycles. The smallest absolute Gasteiger partial charge is 0.133 e. The second-order valence-corrected chi connectivity index (χ2v) is 6.67. The number of rotatable bonds is 3. The second kappa shape index (κ2) is 6.29. The van der Waals surface area contributed by atoms with Crippen molar-refractivity contribution >= 4 is 5.82 Å². The van der Waals surface area contributed by atoms with Gasteiger partial charge in [0.2, 0.25) is 0 Å². The van der Waals surface area contributed by atoms with Crippen LogP contribution in [-0.2, 0) is 6.42 Å². The van der Waals surface area contributed by atoms with Crippen LogP contribution in [0.3, 0.4) is 0 Å². The van der Waals surface area contributed by atoms with Crippen LogP contribution < -0.4 is 5.32 Å². The molecule has 1 aromatic heterocycles. The number of nitrogens with zero attached hydrogens (tertiary/aromatic N) is 4. The van der Waals surface area contributed by atoms with E-state index in [4.69, 9.17) is 10.4 Å². The Morgan fingerprint density at radius 2 is 2.00 bits per heavy atom. The van der Waals surface area contributed by atoms with E-state index in [1.165, 1.54) is 37.2 Å². The molecule has 0 radical (unpaired) electrons. The van der Waals surface area contributed by atoms with Crippen molar-refractivity contribution in [3.8, 4) is 11.8 Å². The maximum Gasteiger partial charge on any atom is 0.133 e. The molecular formula is C19H23N5. The zero-order chi connectivity index (χ0) is 16.5. The van der Waals surface area contributed by atoms with Crippen molar-refractivity contribution < 1.29 is 0 Å².